The Morgan fingerprint density at radius 2 is 2.17 bits per heavy atom. The van der Waals surface area contributed by atoms with Crippen LogP contribution in [0.5, 0.6) is 0 Å². The number of thioether (sulfide) groups is 1. The van der Waals surface area contributed by atoms with Crippen LogP contribution in [0.4, 0.5) is 4.39 Å². The molecule has 10 heteroatoms. The SMILES string of the molecule is Cn1nnnc1SCC(=O)OCc1cc(-c2ccc(F)cc2)on1. The van der Waals surface area contributed by atoms with Gasteiger partial charge in [0.05, 0.1) is 5.75 Å². The average Bonchev–Trinajstić information content (AvgIpc) is 3.21. The molecule has 124 valence electrons. The van der Waals surface area contributed by atoms with Gasteiger partial charge < -0.3 is 9.26 Å². The Kier molecular flexibility index (Phi) is 4.85. The van der Waals surface area contributed by atoms with E-state index >= 15 is 0 Å². The van der Waals surface area contributed by atoms with Crippen LogP contribution in [0.15, 0.2) is 40.0 Å². The van der Waals surface area contributed by atoms with Crippen molar-refractivity contribution >= 4 is 17.7 Å². The first-order chi connectivity index (χ1) is 11.6. The molecule has 0 aliphatic carbocycles. The molecule has 1 aromatic carbocycles. The third-order valence-electron chi connectivity index (χ3n) is 2.97. The lowest BCUT2D eigenvalue weighted by Gasteiger charge is -2.01. The molecule has 0 fully saturated rings. The Balaban J connectivity index is 1.51. The maximum Gasteiger partial charge on any atom is 0.316 e. The zero-order chi connectivity index (χ0) is 16.9. The van der Waals surface area contributed by atoms with Gasteiger partial charge in [0.25, 0.3) is 0 Å². The number of benzene rings is 1. The number of tetrazole rings is 1. The fourth-order valence-electron chi connectivity index (χ4n) is 1.79. The molecule has 0 atom stereocenters. The molecule has 3 aromatic rings. The summed E-state index contributed by atoms with van der Waals surface area (Å²) in [5, 5.41) is 15.2. The van der Waals surface area contributed by atoms with Gasteiger partial charge in [0, 0.05) is 18.7 Å². The summed E-state index contributed by atoms with van der Waals surface area (Å²) in [6, 6.07) is 7.46. The van der Waals surface area contributed by atoms with Crippen molar-refractivity contribution in [3.8, 4) is 11.3 Å². The lowest BCUT2D eigenvalue weighted by Crippen LogP contribution is -2.08. The van der Waals surface area contributed by atoms with Crippen molar-refractivity contribution in [3.05, 3.63) is 41.8 Å². The monoisotopic (exact) mass is 349 g/mol. The van der Waals surface area contributed by atoms with E-state index in [-0.39, 0.29) is 18.2 Å². The van der Waals surface area contributed by atoms with E-state index in [0.717, 1.165) is 0 Å². The van der Waals surface area contributed by atoms with Gasteiger partial charge >= 0.3 is 5.97 Å². The zero-order valence-electron chi connectivity index (χ0n) is 12.5. The van der Waals surface area contributed by atoms with E-state index in [1.807, 2.05) is 0 Å². The second kappa shape index (κ2) is 7.21. The van der Waals surface area contributed by atoms with Gasteiger partial charge in [0.15, 0.2) is 5.76 Å². The van der Waals surface area contributed by atoms with Crippen molar-refractivity contribution < 1.29 is 18.4 Å². The van der Waals surface area contributed by atoms with Gasteiger partial charge in [-0.25, -0.2) is 9.07 Å². The standard InChI is InChI=1S/C14H12FN5O3S/c1-20-14(16-18-19-20)24-8-13(21)22-7-11-6-12(23-17-11)9-2-4-10(15)5-3-9/h2-6H,7-8H2,1H3. The van der Waals surface area contributed by atoms with Crippen LogP contribution in [0.1, 0.15) is 5.69 Å². The number of esters is 1. The second-order valence-electron chi connectivity index (χ2n) is 4.72. The van der Waals surface area contributed by atoms with Crippen molar-refractivity contribution in [1.29, 1.82) is 0 Å². The first kappa shape index (κ1) is 16.1. The number of nitrogens with zero attached hydrogens (tertiary/aromatic N) is 5. The predicted octanol–water partition coefficient (Wildman–Crippen LogP) is 1.84. The molecule has 0 aliphatic heterocycles. The van der Waals surface area contributed by atoms with E-state index in [1.54, 1.807) is 25.2 Å². The molecule has 0 saturated heterocycles. The number of hydrogen-bond acceptors (Lipinski definition) is 8. The van der Waals surface area contributed by atoms with Crippen LogP contribution in [0.25, 0.3) is 11.3 Å². The Labute approximate surface area is 140 Å². The minimum absolute atomic E-state index is 0.0127. The smallest absolute Gasteiger partial charge is 0.316 e. The van der Waals surface area contributed by atoms with Crippen LogP contribution in [-0.4, -0.2) is 37.1 Å². The highest BCUT2D eigenvalue weighted by Gasteiger charge is 2.11. The molecule has 0 unspecified atom stereocenters. The molecule has 0 aliphatic rings. The van der Waals surface area contributed by atoms with Crippen LogP contribution in [0.2, 0.25) is 0 Å². The van der Waals surface area contributed by atoms with Crippen LogP contribution in [-0.2, 0) is 23.2 Å². The normalized spacial score (nSPS) is 10.8. The number of ether oxygens (including phenoxy) is 1. The molecule has 0 radical (unpaired) electrons. The molecule has 0 spiro atoms. The van der Waals surface area contributed by atoms with E-state index in [1.165, 1.54) is 28.6 Å². The van der Waals surface area contributed by atoms with Crippen LogP contribution in [0, 0.1) is 5.82 Å². The first-order valence-corrected chi connectivity index (χ1v) is 7.82. The van der Waals surface area contributed by atoms with Crippen LogP contribution >= 0.6 is 11.8 Å². The molecule has 2 heterocycles. The summed E-state index contributed by atoms with van der Waals surface area (Å²) in [6.07, 6.45) is 0. The van der Waals surface area contributed by atoms with Crippen molar-refractivity contribution in [2.24, 2.45) is 7.05 Å². The number of rotatable bonds is 6. The number of aromatic nitrogens is 5. The first-order valence-electron chi connectivity index (χ1n) is 6.84. The molecule has 0 amide bonds. The van der Waals surface area contributed by atoms with E-state index in [9.17, 15) is 9.18 Å². The largest absolute Gasteiger partial charge is 0.458 e. The quantitative estimate of drug-likeness (QED) is 0.491. The Bertz CT molecular complexity index is 833. The van der Waals surface area contributed by atoms with Crippen molar-refractivity contribution in [2.75, 3.05) is 5.75 Å². The Morgan fingerprint density at radius 3 is 2.88 bits per heavy atom. The van der Waals surface area contributed by atoms with E-state index < -0.39 is 5.97 Å². The number of carbonyl (C=O) groups excluding carboxylic acids is 1. The Morgan fingerprint density at radius 1 is 1.38 bits per heavy atom. The summed E-state index contributed by atoms with van der Waals surface area (Å²) in [4.78, 5) is 11.7. The second-order valence-corrected chi connectivity index (χ2v) is 5.67. The van der Waals surface area contributed by atoms with Gasteiger partial charge in [-0.3, -0.25) is 4.79 Å². The maximum absolute atomic E-state index is 12.9. The van der Waals surface area contributed by atoms with Crippen LogP contribution in [0.3, 0.4) is 0 Å². The van der Waals surface area contributed by atoms with E-state index in [4.69, 9.17) is 9.26 Å². The van der Waals surface area contributed by atoms with Gasteiger partial charge in [-0.2, -0.15) is 0 Å². The average molecular weight is 349 g/mol. The fourth-order valence-corrected chi connectivity index (χ4v) is 2.44. The Hall–Kier alpha value is -2.75. The summed E-state index contributed by atoms with van der Waals surface area (Å²) < 4.78 is 24.6. The number of aryl methyl sites for hydroxylation is 1. The highest BCUT2D eigenvalue weighted by Crippen LogP contribution is 2.21. The third-order valence-corrected chi connectivity index (χ3v) is 3.95. The van der Waals surface area contributed by atoms with Gasteiger partial charge in [-0.1, -0.05) is 16.9 Å². The van der Waals surface area contributed by atoms with Crippen molar-refractivity contribution in [1.82, 2.24) is 25.4 Å². The van der Waals surface area contributed by atoms with E-state index in [0.29, 0.717) is 22.2 Å². The zero-order valence-corrected chi connectivity index (χ0v) is 13.4. The van der Waals surface area contributed by atoms with Crippen molar-refractivity contribution in [3.63, 3.8) is 0 Å². The highest BCUT2D eigenvalue weighted by atomic mass is 32.2. The van der Waals surface area contributed by atoms with Gasteiger partial charge in [-0.05, 0) is 34.7 Å². The molecule has 0 N–H and O–H groups in total. The van der Waals surface area contributed by atoms with Gasteiger partial charge in [-0.15, -0.1) is 5.10 Å². The predicted molar refractivity (Wildman–Crippen MR) is 81.2 cm³/mol. The molecule has 0 bridgehead atoms. The van der Waals surface area contributed by atoms with E-state index in [2.05, 4.69) is 20.7 Å². The minimum Gasteiger partial charge on any atom is -0.458 e. The summed E-state index contributed by atoms with van der Waals surface area (Å²) in [5.74, 6) is -0.199. The number of hydrogen-bond donors (Lipinski definition) is 0. The molecular formula is C14H12FN5O3S. The fraction of sp³-hybridized carbons (Fsp3) is 0.214. The molecule has 0 saturated carbocycles. The molecule has 24 heavy (non-hydrogen) atoms. The number of halogens is 1. The topological polar surface area (TPSA) is 95.9 Å². The number of carbonyl (C=O) groups is 1. The molecule has 2 aromatic heterocycles. The summed E-state index contributed by atoms with van der Waals surface area (Å²) in [7, 11) is 1.68. The highest BCUT2D eigenvalue weighted by molar-refractivity contribution is 7.99. The lowest BCUT2D eigenvalue weighted by molar-refractivity contribution is -0.141. The van der Waals surface area contributed by atoms with Crippen molar-refractivity contribution in [2.45, 2.75) is 11.8 Å². The van der Waals surface area contributed by atoms with Gasteiger partial charge in [0.1, 0.15) is 18.1 Å². The minimum atomic E-state index is -0.422. The molecule has 3 rings (SSSR count). The van der Waals surface area contributed by atoms with Gasteiger partial charge in [0.2, 0.25) is 5.16 Å². The maximum atomic E-state index is 12.9. The summed E-state index contributed by atoms with van der Waals surface area (Å²) in [6.45, 7) is -0.0127. The van der Waals surface area contributed by atoms with Crippen LogP contribution < -0.4 is 0 Å². The lowest BCUT2D eigenvalue weighted by atomic mass is 10.1. The summed E-state index contributed by atoms with van der Waals surface area (Å²) in [5.41, 5.74) is 1.15. The molecule has 8 nitrogen and oxygen atoms in total. The molecular weight excluding hydrogens is 337 g/mol. The summed E-state index contributed by atoms with van der Waals surface area (Å²) >= 11 is 1.17. The third kappa shape index (κ3) is 3.96.